The molecule has 3 aliphatic rings. The third-order valence-electron chi connectivity index (χ3n) is 4.99. The first-order chi connectivity index (χ1) is 9.81. The average molecular weight is 271 g/mol. The Bertz CT molecular complexity index is 500. The van der Waals surface area contributed by atoms with Gasteiger partial charge in [-0.2, -0.15) is 0 Å². The van der Waals surface area contributed by atoms with Crippen molar-refractivity contribution in [2.45, 2.75) is 56.8 Å². The van der Waals surface area contributed by atoms with Crippen LogP contribution in [0.15, 0.2) is 24.5 Å². The molecule has 1 amide bonds. The second-order valence-electron chi connectivity index (χ2n) is 6.44. The molecule has 3 fully saturated rings. The summed E-state index contributed by atoms with van der Waals surface area (Å²) in [4.78, 5) is 19.1. The molecule has 3 unspecified atom stereocenters. The molecule has 3 heterocycles. The van der Waals surface area contributed by atoms with Gasteiger partial charge in [0.1, 0.15) is 0 Å². The van der Waals surface area contributed by atoms with Crippen molar-refractivity contribution in [1.82, 2.24) is 15.2 Å². The van der Waals surface area contributed by atoms with E-state index in [1.807, 2.05) is 24.5 Å². The molecular weight excluding hydrogens is 250 g/mol. The van der Waals surface area contributed by atoms with E-state index in [9.17, 15) is 4.79 Å². The van der Waals surface area contributed by atoms with Crippen LogP contribution in [0.5, 0.6) is 0 Å². The molecule has 1 aromatic rings. The lowest BCUT2D eigenvalue weighted by Crippen LogP contribution is -2.41. The number of fused-ring (bicyclic) bond motifs is 2. The maximum atomic E-state index is 12.9. The number of carbonyl (C=O) groups excluding carboxylic acids is 1. The highest BCUT2D eigenvalue weighted by Gasteiger charge is 2.46. The topological polar surface area (TPSA) is 45.2 Å². The number of nitrogens with one attached hydrogen (secondary N) is 1. The van der Waals surface area contributed by atoms with E-state index in [0.717, 1.165) is 13.0 Å². The van der Waals surface area contributed by atoms with Gasteiger partial charge < -0.3 is 10.2 Å². The molecule has 4 rings (SSSR count). The Morgan fingerprint density at radius 1 is 1.25 bits per heavy atom. The van der Waals surface area contributed by atoms with Gasteiger partial charge in [0.15, 0.2) is 0 Å². The molecule has 106 valence electrons. The molecular formula is C16H21N3O. The summed E-state index contributed by atoms with van der Waals surface area (Å²) in [6, 6.07) is 5.54. The van der Waals surface area contributed by atoms with Crippen LogP contribution in [-0.4, -0.2) is 33.9 Å². The normalized spacial score (nSPS) is 31.5. The molecule has 2 aliphatic heterocycles. The summed E-state index contributed by atoms with van der Waals surface area (Å²) in [5.74, 6) is 0.597. The molecule has 3 atom stereocenters. The van der Waals surface area contributed by atoms with Gasteiger partial charge in [0.2, 0.25) is 5.91 Å². The van der Waals surface area contributed by atoms with Crippen molar-refractivity contribution in [2.24, 2.45) is 5.92 Å². The van der Waals surface area contributed by atoms with Crippen LogP contribution in [0, 0.1) is 5.92 Å². The molecule has 2 saturated heterocycles. The highest BCUT2D eigenvalue weighted by atomic mass is 16.2. The Balaban J connectivity index is 1.49. The van der Waals surface area contributed by atoms with E-state index < -0.39 is 0 Å². The molecule has 2 bridgehead atoms. The van der Waals surface area contributed by atoms with Gasteiger partial charge in [-0.1, -0.05) is 0 Å². The van der Waals surface area contributed by atoms with E-state index in [1.54, 1.807) is 0 Å². The lowest BCUT2D eigenvalue weighted by Gasteiger charge is -2.29. The SMILES string of the molecule is O=C(C1CC2CCC1N2)N(Cc1ccncc1)C1CC1. The maximum Gasteiger partial charge on any atom is 0.227 e. The zero-order chi connectivity index (χ0) is 13.5. The fourth-order valence-corrected chi connectivity index (χ4v) is 3.77. The van der Waals surface area contributed by atoms with Crippen LogP contribution in [-0.2, 0) is 11.3 Å². The summed E-state index contributed by atoms with van der Waals surface area (Å²) in [5, 5.41) is 3.58. The first kappa shape index (κ1) is 12.3. The van der Waals surface area contributed by atoms with Gasteiger partial charge in [0.05, 0.1) is 5.92 Å². The minimum Gasteiger partial charge on any atom is -0.335 e. The van der Waals surface area contributed by atoms with Crippen molar-refractivity contribution in [3.05, 3.63) is 30.1 Å². The number of amides is 1. The third kappa shape index (κ3) is 2.22. The van der Waals surface area contributed by atoms with E-state index >= 15 is 0 Å². The van der Waals surface area contributed by atoms with Crippen molar-refractivity contribution in [3.8, 4) is 0 Å². The second-order valence-corrected chi connectivity index (χ2v) is 6.44. The molecule has 0 aromatic carbocycles. The molecule has 0 spiro atoms. The first-order valence-corrected chi connectivity index (χ1v) is 7.76. The molecule has 1 N–H and O–H groups in total. The number of rotatable bonds is 4. The van der Waals surface area contributed by atoms with Crippen molar-refractivity contribution < 1.29 is 4.79 Å². The largest absolute Gasteiger partial charge is 0.335 e. The Hall–Kier alpha value is -1.42. The average Bonchev–Trinajstić information content (AvgIpc) is 3.11. The van der Waals surface area contributed by atoms with Gasteiger partial charge in [-0.15, -0.1) is 0 Å². The first-order valence-electron chi connectivity index (χ1n) is 7.76. The minimum absolute atomic E-state index is 0.219. The summed E-state index contributed by atoms with van der Waals surface area (Å²) >= 11 is 0. The molecule has 1 saturated carbocycles. The smallest absolute Gasteiger partial charge is 0.227 e. The lowest BCUT2D eigenvalue weighted by molar-refractivity contribution is -0.137. The number of carbonyl (C=O) groups is 1. The predicted molar refractivity (Wildman–Crippen MR) is 75.9 cm³/mol. The minimum atomic E-state index is 0.219. The van der Waals surface area contributed by atoms with Crippen LogP contribution < -0.4 is 5.32 Å². The Kier molecular flexibility index (Phi) is 2.99. The molecule has 0 radical (unpaired) electrons. The Morgan fingerprint density at radius 3 is 2.65 bits per heavy atom. The molecule has 1 aromatic heterocycles. The van der Waals surface area contributed by atoms with Crippen LogP contribution in [0.3, 0.4) is 0 Å². The van der Waals surface area contributed by atoms with Crippen LogP contribution in [0.1, 0.15) is 37.7 Å². The summed E-state index contributed by atoms with van der Waals surface area (Å²) in [6.45, 7) is 0.750. The Morgan fingerprint density at radius 2 is 2.05 bits per heavy atom. The van der Waals surface area contributed by atoms with Gasteiger partial charge in [-0.05, 0) is 49.8 Å². The van der Waals surface area contributed by atoms with Gasteiger partial charge in [-0.3, -0.25) is 9.78 Å². The number of nitrogens with zero attached hydrogens (tertiary/aromatic N) is 2. The summed E-state index contributed by atoms with van der Waals surface area (Å²) < 4.78 is 0. The number of aromatic nitrogens is 1. The van der Waals surface area contributed by atoms with Crippen molar-refractivity contribution >= 4 is 5.91 Å². The van der Waals surface area contributed by atoms with Crippen molar-refractivity contribution in [3.63, 3.8) is 0 Å². The highest BCUT2D eigenvalue weighted by Crippen LogP contribution is 2.37. The van der Waals surface area contributed by atoms with E-state index in [-0.39, 0.29) is 5.92 Å². The van der Waals surface area contributed by atoms with Crippen molar-refractivity contribution in [2.75, 3.05) is 0 Å². The van der Waals surface area contributed by atoms with E-state index in [1.165, 1.54) is 31.2 Å². The van der Waals surface area contributed by atoms with Crippen molar-refractivity contribution in [1.29, 1.82) is 0 Å². The van der Waals surface area contributed by atoms with E-state index in [2.05, 4.69) is 15.2 Å². The van der Waals surface area contributed by atoms with Gasteiger partial charge >= 0.3 is 0 Å². The number of pyridine rings is 1. The molecule has 1 aliphatic carbocycles. The quantitative estimate of drug-likeness (QED) is 0.907. The highest BCUT2D eigenvalue weighted by molar-refractivity contribution is 5.81. The summed E-state index contributed by atoms with van der Waals surface area (Å²) in [6.07, 6.45) is 9.43. The van der Waals surface area contributed by atoms with Crippen LogP contribution in [0.2, 0.25) is 0 Å². The molecule has 4 nitrogen and oxygen atoms in total. The monoisotopic (exact) mass is 271 g/mol. The predicted octanol–water partition coefficient (Wildman–Crippen LogP) is 1.71. The Labute approximate surface area is 119 Å². The van der Waals surface area contributed by atoms with Gasteiger partial charge in [-0.25, -0.2) is 0 Å². The fourth-order valence-electron chi connectivity index (χ4n) is 3.77. The van der Waals surface area contributed by atoms with E-state index in [0.29, 0.717) is 24.0 Å². The van der Waals surface area contributed by atoms with Crippen LogP contribution in [0.25, 0.3) is 0 Å². The third-order valence-corrected chi connectivity index (χ3v) is 4.99. The number of hydrogen-bond acceptors (Lipinski definition) is 3. The second kappa shape index (κ2) is 4.85. The standard InChI is InChI=1S/C16H21N3O/c20-16(14-9-12-1-4-15(14)18-12)19(13-2-3-13)10-11-5-7-17-8-6-11/h5-8,12-15,18H,1-4,9-10H2. The molecule has 20 heavy (non-hydrogen) atoms. The summed E-state index contributed by atoms with van der Waals surface area (Å²) in [7, 11) is 0. The van der Waals surface area contributed by atoms with E-state index in [4.69, 9.17) is 0 Å². The zero-order valence-electron chi connectivity index (χ0n) is 11.7. The number of hydrogen-bond donors (Lipinski definition) is 1. The maximum absolute atomic E-state index is 12.9. The van der Waals surface area contributed by atoms with Gasteiger partial charge in [0, 0.05) is 37.1 Å². The van der Waals surface area contributed by atoms with Crippen LogP contribution >= 0.6 is 0 Å². The van der Waals surface area contributed by atoms with Gasteiger partial charge in [0.25, 0.3) is 0 Å². The van der Waals surface area contributed by atoms with Crippen LogP contribution in [0.4, 0.5) is 0 Å². The molecule has 4 heteroatoms. The zero-order valence-corrected chi connectivity index (χ0v) is 11.7. The summed E-state index contributed by atoms with van der Waals surface area (Å²) in [5.41, 5.74) is 1.19. The lowest BCUT2D eigenvalue weighted by atomic mass is 9.88. The fraction of sp³-hybridized carbons (Fsp3) is 0.625.